The van der Waals surface area contributed by atoms with Crippen molar-refractivity contribution in [1.29, 1.82) is 5.26 Å². The van der Waals surface area contributed by atoms with Gasteiger partial charge in [-0.15, -0.1) is 0 Å². The molecule has 108 valence electrons. The fraction of sp³-hybridized carbons (Fsp3) is 0.273. The molecule has 0 aliphatic heterocycles. The second-order valence-electron chi connectivity index (χ2n) is 3.66. The smallest absolute Gasteiger partial charge is 0.324 e. The fourth-order valence-electron chi connectivity index (χ4n) is 1.38. The molecule has 0 saturated carbocycles. The molecule has 1 rings (SSSR count). The lowest BCUT2D eigenvalue weighted by Crippen LogP contribution is -2.45. The maximum atomic E-state index is 12.3. The van der Waals surface area contributed by atoms with Gasteiger partial charge in [-0.1, -0.05) is 12.1 Å². The lowest BCUT2D eigenvalue weighted by Gasteiger charge is -2.22. The number of anilines is 1. The van der Waals surface area contributed by atoms with E-state index < -0.39 is 29.9 Å². The average Bonchev–Trinajstić information content (AvgIpc) is 2.25. The second-order valence-corrected chi connectivity index (χ2v) is 3.66. The summed E-state index contributed by atoms with van der Waals surface area (Å²) < 4.78 is 73.8. The molecule has 1 aromatic rings. The number of benzene rings is 1. The van der Waals surface area contributed by atoms with E-state index in [2.05, 4.69) is 0 Å². The minimum atomic E-state index is -5.77. The van der Waals surface area contributed by atoms with Crippen LogP contribution in [0.1, 0.15) is 5.56 Å². The molecule has 0 radical (unpaired) electrons. The summed E-state index contributed by atoms with van der Waals surface area (Å²) in [6, 6.07) is 6.32. The number of para-hydroxylation sites is 1. The Morgan fingerprint density at radius 2 is 1.60 bits per heavy atom. The van der Waals surface area contributed by atoms with Crippen molar-refractivity contribution in [2.75, 3.05) is 5.32 Å². The Labute approximate surface area is 108 Å². The fourth-order valence-corrected chi connectivity index (χ4v) is 1.38. The minimum Gasteiger partial charge on any atom is -0.324 e. The van der Waals surface area contributed by atoms with Gasteiger partial charge in [0, 0.05) is 0 Å². The zero-order valence-electron chi connectivity index (χ0n) is 9.51. The third kappa shape index (κ3) is 3.63. The number of rotatable bonds is 2. The normalized spacial score (nSPS) is 12.1. The molecule has 3 nitrogen and oxygen atoms in total. The van der Waals surface area contributed by atoms with Crippen molar-refractivity contribution in [2.45, 2.75) is 12.4 Å². The predicted molar refractivity (Wildman–Crippen MR) is 55.4 cm³/mol. The number of nitriles is 1. The van der Waals surface area contributed by atoms with Gasteiger partial charge in [-0.3, -0.25) is 4.79 Å². The van der Waals surface area contributed by atoms with Gasteiger partial charge in [0.1, 0.15) is 6.07 Å². The van der Waals surface area contributed by atoms with Gasteiger partial charge < -0.3 is 5.32 Å². The molecule has 0 spiro atoms. The number of carbonyl (C=O) groups is 1. The van der Waals surface area contributed by atoms with E-state index in [1.165, 1.54) is 17.4 Å². The summed E-state index contributed by atoms with van der Waals surface area (Å²) >= 11 is 0. The van der Waals surface area contributed by atoms with E-state index in [0.29, 0.717) is 0 Å². The van der Waals surface area contributed by atoms with Gasteiger partial charge in [0.25, 0.3) is 0 Å². The van der Waals surface area contributed by atoms with Crippen LogP contribution in [0.2, 0.25) is 0 Å². The number of carbonyl (C=O) groups excluding carboxylic acids is 1. The van der Waals surface area contributed by atoms with Crippen LogP contribution < -0.4 is 5.32 Å². The van der Waals surface area contributed by atoms with Gasteiger partial charge in [-0.05, 0) is 12.1 Å². The summed E-state index contributed by atoms with van der Waals surface area (Å²) in [5.74, 6) is -6.44. The van der Waals surface area contributed by atoms with Crippen molar-refractivity contribution in [1.82, 2.24) is 0 Å². The Morgan fingerprint density at radius 3 is 2.05 bits per heavy atom. The van der Waals surface area contributed by atoms with Gasteiger partial charge in [0.05, 0.1) is 11.3 Å². The van der Waals surface area contributed by atoms with Crippen molar-refractivity contribution in [3.8, 4) is 6.07 Å². The molecule has 1 aromatic carbocycles. The monoisotopic (exact) mass is 296 g/mol. The number of amides is 1. The molecule has 9 heteroatoms. The van der Waals surface area contributed by atoms with Crippen LogP contribution in [-0.4, -0.2) is 18.3 Å². The van der Waals surface area contributed by atoms with Gasteiger partial charge in [0.2, 0.25) is 11.8 Å². The van der Waals surface area contributed by atoms with Crippen LogP contribution in [0, 0.1) is 17.2 Å². The lowest BCUT2D eigenvalue weighted by atomic mass is 10.1. The summed E-state index contributed by atoms with van der Waals surface area (Å²) in [7, 11) is 0. The average molecular weight is 296 g/mol. The Hall–Kier alpha value is -2.24. The van der Waals surface area contributed by atoms with Crippen LogP contribution in [0.4, 0.5) is 32.0 Å². The van der Waals surface area contributed by atoms with Crippen molar-refractivity contribution in [3.63, 3.8) is 0 Å². The maximum Gasteiger partial charge on any atom is 0.409 e. The molecule has 0 aliphatic rings. The summed E-state index contributed by atoms with van der Waals surface area (Å²) in [5, 5.41) is 10.1. The Morgan fingerprint density at radius 1 is 1.10 bits per heavy atom. The first-order valence-corrected chi connectivity index (χ1v) is 5.01. The highest BCUT2D eigenvalue weighted by molar-refractivity contribution is 5.94. The molecule has 0 bridgehead atoms. The summed E-state index contributed by atoms with van der Waals surface area (Å²) in [4.78, 5) is 11.2. The summed E-state index contributed by atoms with van der Waals surface area (Å²) in [6.07, 6.45) is -11.5. The molecular weight excluding hydrogens is 290 g/mol. The van der Waals surface area contributed by atoms with E-state index in [1.54, 1.807) is 6.07 Å². The maximum absolute atomic E-state index is 12.3. The SMILES string of the molecule is N#Cc1ccccc1NC(=O)C(C(F)(F)F)C(F)(F)F. The zero-order chi connectivity index (χ0) is 15.6. The zero-order valence-corrected chi connectivity index (χ0v) is 9.51. The molecule has 0 heterocycles. The molecule has 1 amide bonds. The highest BCUT2D eigenvalue weighted by Gasteiger charge is 2.61. The van der Waals surface area contributed by atoms with Crippen LogP contribution >= 0.6 is 0 Å². The Bertz CT molecular complexity index is 529. The lowest BCUT2D eigenvalue weighted by molar-refractivity contribution is -0.272. The quantitative estimate of drug-likeness (QED) is 0.852. The Balaban J connectivity index is 3.08. The van der Waals surface area contributed by atoms with E-state index in [0.717, 1.165) is 12.1 Å². The number of nitrogens with zero attached hydrogens (tertiary/aromatic N) is 1. The number of hydrogen-bond acceptors (Lipinski definition) is 2. The summed E-state index contributed by atoms with van der Waals surface area (Å²) in [6.45, 7) is 0. The molecule has 0 saturated heterocycles. The van der Waals surface area contributed by atoms with Gasteiger partial charge in [-0.25, -0.2) is 0 Å². The first-order chi connectivity index (χ1) is 9.07. The van der Waals surface area contributed by atoms with Crippen molar-refractivity contribution < 1.29 is 31.1 Å². The standard InChI is InChI=1S/C11H6F6N2O/c12-10(13,14)8(11(15,16)17)9(20)19-7-4-2-1-3-6(7)5-18/h1-4,8H,(H,19,20). The molecule has 1 N–H and O–H groups in total. The van der Waals surface area contributed by atoms with Crippen molar-refractivity contribution >= 4 is 11.6 Å². The highest BCUT2D eigenvalue weighted by Crippen LogP contribution is 2.40. The van der Waals surface area contributed by atoms with E-state index >= 15 is 0 Å². The minimum absolute atomic E-state index is 0.246. The van der Waals surface area contributed by atoms with E-state index in [9.17, 15) is 31.1 Å². The van der Waals surface area contributed by atoms with Crippen molar-refractivity contribution in [2.24, 2.45) is 5.92 Å². The van der Waals surface area contributed by atoms with Crippen LogP contribution in [0.15, 0.2) is 24.3 Å². The number of halogens is 6. The van der Waals surface area contributed by atoms with E-state index in [-0.39, 0.29) is 5.56 Å². The van der Waals surface area contributed by atoms with Gasteiger partial charge in [-0.2, -0.15) is 31.6 Å². The third-order valence-corrected chi connectivity index (χ3v) is 2.22. The van der Waals surface area contributed by atoms with Crippen molar-refractivity contribution in [3.05, 3.63) is 29.8 Å². The highest BCUT2D eigenvalue weighted by atomic mass is 19.4. The first kappa shape index (κ1) is 15.8. The largest absolute Gasteiger partial charge is 0.409 e. The van der Waals surface area contributed by atoms with Crippen LogP contribution in [0.5, 0.6) is 0 Å². The molecular formula is C11H6F6N2O. The number of hydrogen-bond donors (Lipinski definition) is 1. The molecule has 0 atom stereocenters. The van der Waals surface area contributed by atoms with E-state index in [4.69, 9.17) is 5.26 Å². The molecule has 0 aliphatic carbocycles. The molecule has 20 heavy (non-hydrogen) atoms. The van der Waals surface area contributed by atoms with Crippen LogP contribution in [-0.2, 0) is 4.79 Å². The van der Waals surface area contributed by atoms with E-state index in [1.807, 2.05) is 0 Å². The molecule has 0 aromatic heterocycles. The first-order valence-electron chi connectivity index (χ1n) is 5.01. The summed E-state index contributed by atoms with van der Waals surface area (Å²) in [5.41, 5.74) is -0.664. The second kappa shape index (κ2) is 5.40. The Kier molecular flexibility index (Phi) is 4.27. The third-order valence-electron chi connectivity index (χ3n) is 2.22. The number of alkyl halides is 6. The predicted octanol–water partition coefficient (Wildman–Crippen LogP) is 3.24. The van der Waals surface area contributed by atoms with Gasteiger partial charge >= 0.3 is 12.4 Å². The number of nitrogens with one attached hydrogen (secondary N) is 1. The van der Waals surface area contributed by atoms with Crippen LogP contribution in [0.3, 0.4) is 0 Å². The van der Waals surface area contributed by atoms with Gasteiger partial charge in [0.15, 0.2) is 0 Å². The topological polar surface area (TPSA) is 52.9 Å². The molecule has 0 unspecified atom stereocenters. The van der Waals surface area contributed by atoms with Crippen LogP contribution in [0.25, 0.3) is 0 Å². The molecule has 0 fully saturated rings.